The van der Waals surface area contributed by atoms with Gasteiger partial charge in [-0.05, 0) is 23.5 Å². The van der Waals surface area contributed by atoms with Crippen LogP contribution in [0.5, 0.6) is 0 Å². The highest BCUT2D eigenvalue weighted by atomic mass is 32.8. The molecule has 2 atom stereocenters. The van der Waals surface area contributed by atoms with E-state index in [-0.39, 0.29) is 10.3 Å². The second kappa shape index (κ2) is 6.17. The van der Waals surface area contributed by atoms with Crippen molar-refractivity contribution in [3.8, 4) is 0 Å². The van der Waals surface area contributed by atoms with Crippen LogP contribution in [0.1, 0.15) is 40.5 Å². The average molecular weight is 393 g/mol. The third kappa shape index (κ3) is 2.45. The average Bonchev–Trinajstić information content (AvgIpc) is 2.59. The van der Waals surface area contributed by atoms with Crippen LogP contribution in [-0.4, -0.2) is 10.3 Å². The van der Waals surface area contributed by atoms with Gasteiger partial charge in [-0.25, -0.2) is 0 Å². The summed E-state index contributed by atoms with van der Waals surface area (Å²) in [7, 11) is 0. The topological polar surface area (TPSA) is 0 Å². The number of hydrogen-bond acceptors (Lipinski definition) is 2. The molecule has 0 saturated carbocycles. The fraction of sp³-hybridized carbons (Fsp3) is 0.400. The van der Waals surface area contributed by atoms with E-state index in [4.69, 9.17) is 23.6 Å². The third-order valence-corrected chi connectivity index (χ3v) is 28.7. The maximum absolute atomic E-state index is 6.68. The summed E-state index contributed by atoms with van der Waals surface area (Å²) in [6.07, 6.45) is 2.33. The standard InChI is InChI=1S/C20H26P2S2/c1-19(2)15-16-20(3,4)22(24,18-13-9-6-10-14-18)21(19,23)17-11-7-5-8-12-17/h5-14H,15-16H2,1-4H3. The molecule has 2 aromatic rings. The minimum absolute atomic E-state index is 0.102. The van der Waals surface area contributed by atoms with Crippen LogP contribution in [0.2, 0.25) is 0 Å². The van der Waals surface area contributed by atoms with E-state index in [1.807, 2.05) is 0 Å². The number of benzene rings is 2. The first-order valence-electron chi connectivity index (χ1n) is 8.49. The van der Waals surface area contributed by atoms with E-state index in [1.54, 1.807) is 0 Å². The minimum atomic E-state index is -1.97. The van der Waals surface area contributed by atoms with Crippen LogP contribution >= 0.6 is 11.5 Å². The molecule has 24 heavy (non-hydrogen) atoms. The normalized spacial score (nSPS) is 31.5. The summed E-state index contributed by atoms with van der Waals surface area (Å²) < 4.78 is 0. The lowest BCUT2D eigenvalue weighted by molar-refractivity contribution is 0.515. The predicted molar refractivity (Wildman–Crippen MR) is 118 cm³/mol. The van der Waals surface area contributed by atoms with E-state index in [2.05, 4.69) is 88.4 Å². The van der Waals surface area contributed by atoms with Crippen molar-refractivity contribution in [3.05, 3.63) is 60.7 Å². The Balaban J connectivity index is 2.40. The molecule has 4 heteroatoms. The molecule has 3 rings (SSSR count). The van der Waals surface area contributed by atoms with Gasteiger partial charge in [0.25, 0.3) is 0 Å². The van der Waals surface area contributed by atoms with Crippen LogP contribution in [0, 0.1) is 0 Å². The fourth-order valence-electron chi connectivity index (χ4n) is 3.96. The zero-order chi connectivity index (χ0) is 17.6. The first-order valence-corrected chi connectivity index (χ1v) is 14.8. The molecular weight excluding hydrogens is 366 g/mol. The smallest absolute Gasteiger partial charge is 0.0238 e. The molecule has 0 radical (unpaired) electrons. The SMILES string of the molecule is CC1(C)CCC(C)(C)P(=S)(c2ccccc2)P1(=S)c1ccccc1. The van der Waals surface area contributed by atoms with Crippen molar-refractivity contribution in [2.75, 3.05) is 0 Å². The van der Waals surface area contributed by atoms with E-state index in [0.29, 0.717) is 0 Å². The molecule has 0 aromatic heterocycles. The molecule has 2 aromatic carbocycles. The number of hydrogen-bond donors (Lipinski definition) is 0. The van der Waals surface area contributed by atoms with Crippen molar-refractivity contribution in [2.24, 2.45) is 0 Å². The maximum Gasteiger partial charge on any atom is 0.0238 e. The molecule has 0 bridgehead atoms. The fourth-order valence-corrected chi connectivity index (χ4v) is 24.4. The first kappa shape index (κ1) is 18.5. The van der Waals surface area contributed by atoms with Gasteiger partial charge in [-0.2, -0.15) is 0 Å². The summed E-state index contributed by atoms with van der Waals surface area (Å²) in [6, 6.07) is 21.7. The van der Waals surface area contributed by atoms with E-state index in [9.17, 15) is 0 Å². The quantitative estimate of drug-likeness (QED) is 0.587. The van der Waals surface area contributed by atoms with E-state index in [0.717, 1.165) is 12.8 Å². The van der Waals surface area contributed by atoms with Gasteiger partial charge in [-0.1, -0.05) is 112 Å². The van der Waals surface area contributed by atoms with Gasteiger partial charge in [0, 0.05) is 21.8 Å². The van der Waals surface area contributed by atoms with E-state index >= 15 is 0 Å². The molecule has 1 fully saturated rings. The molecular formula is C20H26P2S2. The molecule has 0 nitrogen and oxygen atoms in total. The van der Waals surface area contributed by atoms with Crippen LogP contribution in [0.25, 0.3) is 0 Å². The van der Waals surface area contributed by atoms with Gasteiger partial charge in [-0.3, -0.25) is 0 Å². The highest BCUT2D eigenvalue weighted by molar-refractivity contribution is 8.71. The second-order valence-electron chi connectivity index (χ2n) is 7.95. The van der Waals surface area contributed by atoms with Gasteiger partial charge < -0.3 is 0 Å². The highest BCUT2D eigenvalue weighted by Crippen LogP contribution is 2.93. The van der Waals surface area contributed by atoms with E-state index in [1.165, 1.54) is 10.6 Å². The molecule has 0 spiro atoms. The molecule has 2 unspecified atom stereocenters. The molecule has 1 heterocycles. The Morgan fingerprint density at radius 1 is 0.625 bits per heavy atom. The van der Waals surface area contributed by atoms with Crippen molar-refractivity contribution in [1.29, 1.82) is 0 Å². The molecule has 1 saturated heterocycles. The van der Waals surface area contributed by atoms with Crippen LogP contribution in [-0.2, 0) is 23.6 Å². The Labute approximate surface area is 157 Å². The Hall–Kier alpha value is -0.260. The molecule has 128 valence electrons. The van der Waals surface area contributed by atoms with Crippen LogP contribution in [0.3, 0.4) is 0 Å². The summed E-state index contributed by atoms with van der Waals surface area (Å²) in [5, 5.41) is 2.88. The van der Waals surface area contributed by atoms with Crippen molar-refractivity contribution in [1.82, 2.24) is 0 Å². The van der Waals surface area contributed by atoms with Crippen molar-refractivity contribution in [2.45, 2.75) is 50.8 Å². The summed E-state index contributed by atoms with van der Waals surface area (Å²) in [5.41, 5.74) is -3.95. The number of rotatable bonds is 2. The second-order valence-corrected chi connectivity index (χ2v) is 22.2. The summed E-state index contributed by atoms with van der Waals surface area (Å²) >= 11 is 13.4. The largest absolute Gasteiger partial charge is 0.0861 e. The summed E-state index contributed by atoms with van der Waals surface area (Å²) in [4.78, 5) is 0. The van der Waals surface area contributed by atoms with Gasteiger partial charge in [0.1, 0.15) is 0 Å². The zero-order valence-electron chi connectivity index (χ0n) is 14.9. The summed E-state index contributed by atoms with van der Waals surface area (Å²) in [6.45, 7) is 9.50. The van der Waals surface area contributed by atoms with Crippen molar-refractivity contribution in [3.63, 3.8) is 0 Å². The lowest BCUT2D eigenvalue weighted by atomic mass is 9.99. The first-order chi connectivity index (χ1) is 11.2. The van der Waals surface area contributed by atoms with Gasteiger partial charge in [-0.15, -0.1) is 0 Å². The minimum Gasteiger partial charge on any atom is -0.0861 e. The summed E-state index contributed by atoms with van der Waals surface area (Å²) in [5.74, 6) is 0. The van der Waals surface area contributed by atoms with Crippen LogP contribution in [0.4, 0.5) is 0 Å². The predicted octanol–water partition coefficient (Wildman–Crippen LogP) is 5.86. The molecule has 1 aliphatic rings. The van der Waals surface area contributed by atoms with Gasteiger partial charge >= 0.3 is 0 Å². The van der Waals surface area contributed by atoms with Crippen molar-refractivity contribution < 1.29 is 0 Å². The maximum atomic E-state index is 6.68. The molecule has 0 amide bonds. The Kier molecular flexibility index (Phi) is 4.76. The van der Waals surface area contributed by atoms with Crippen LogP contribution in [0.15, 0.2) is 60.7 Å². The zero-order valence-corrected chi connectivity index (χ0v) is 18.3. The van der Waals surface area contributed by atoms with E-state index < -0.39 is 11.5 Å². The highest BCUT2D eigenvalue weighted by Gasteiger charge is 2.58. The lowest BCUT2D eigenvalue weighted by Crippen LogP contribution is -2.41. The van der Waals surface area contributed by atoms with Gasteiger partial charge in [0.15, 0.2) is 0 Å². The Bertz CT molecular complexity index is 752. The van der Waals surface area contributed by atoms with Gasteiger partial charge in [0.05, 0.1) is 0 Å². The lowest BCUT2D eigenvalue weighted by Gasteiger charge is -2.57. The molecule has 1 aliphatic heterocycles. The Morgan fingerprint density at radius 3 is 1.21 bits per heavy atom. The monoisotopic (exact) mass is 392 g/mol. The van der Waals surface area contributed by atoms with Gasteiger partial charge in [0.2, 0.25) is 0 Å². The van der Waals surface area contributed by atoms with Crippen molar-refractivity contribution >= 4 is 45.7 Å². The van der Waals surface area contributed by atoms with Crippen LogP contribution < -0.4 is 10.6 Å². The molecule has 0 N–H and O–H groups in total. The Morgan fingerprint density at radius 2 is 0.917 bits per heavy atom. The molecule has 0 aliphatic carbocycles. The third-order valence-electron chi connectivity index (χ3n) is 5.60.